The number of aromatic nitrogens is 1. The molecule has 0 radical (unpaired) electrons. The maximum absolute atomic E-state index is 13.0. The van der Waals surface area contributed by atoms with Gasteiger partial charge in [0.05, 0.1) is 11.8 Å². The molecule has 0 saturated carbocycles. The third kappa shape index (κ3) is 2.84. The predicted octanol–water partition coefficient (Wildman–Crippen LogP) is 2.82. The highest BCUT2D eigenvalue weighted by Gasteiger charge is 2.12. The summed E-state index contributed by atoms with van der Waals surface area (Å²) in [6.07, 6.45) is 0.964. The maximum Gasteiger partial charge on any atom is 0.259 e. The Hall–Kier alpha value is -1.95. The molecule has 0 fully saturated rings. The third-order valence-corrected chi connectivity index (χ3v) is 2.76. The number of halogens is 2. The minimum Gasteiger partial charge on any atom is -0.383 e. The van der Waals surface area contributed by atoms with Gasteiger partial charge in [0.25, 0.3) is 5.91 Å². The van der Waals surface area contributed by atoms with Crippen molar-refractivity contribution >= 4 is 33.3 Å². The topological polar surface area (TPSA) is 68.0 Å². The molecule has 1 aromatic carbocycles. The zero-order valence-corrected chi connectivity index (χ0v) is 10.7. The first-order chi connectivity index (χ1) is 8.56. The van der Waals surface area contributed by atoms with E-state index in [1.54, 1.807) is 24.3 Å². The van der Waals surface area contributed by atoms with E-state index in [-0.39, 0.29) is 11.4 Å². The van der Waals surface area contributed by atoms with Crippen molar-refractivity contribution in [2.75, 3.05) is 11.1 Å². The van der Waals surface area contributed by atoms with Gasteiger partial charge in [-0.3, -0.25) is 4.79 Å². The number of pyridine rings is 1. The Labute approximate surface area is 111 Å². The predicted molar refractivity (Wildman–Crippen MR) is 70.7 cm³/mol. The summed E-state index contributed by atoms with van der Waals surface area (Å²) in [6, 6.07) is 8.04. The first-order valence-corrected chi connectivity index (χ1v) is 5.83. The fourth-order valence-electron chi connectivity index (χ4n) is 1.36. The smallest absolute Gasteiger partial charge is 0.259 e. The molecule has 1 aromatic heterocycles. The van der Waals surface area contributed by atoms with Crippen LogP contribution in [0.4, 0.5) is 15.9 Å². The van der Waals surface area contributed by atoms with Gasteiger partial charge in [-0.1, -0.05) is 15.9 Å². The standard InChI is InChI=1S/C12H9BrFN3O/c13-7-1-3-9(4-2-7)17-12(18)10-5-8(14)6-16-11(10)15/h1-6H,(H2,15,16)(H,17,18). The number of nitrogens with one attached hydrogen (secondary N) is 1. The molecule has 0 unspecified atom stereocenters. The Kier molecular flexibility index (Phi) is 3.57. The average molecular weight is 310 g/mol. The Morgan fingerprint density at radius 3 is 2.67 bits per heavy atom. The molecule has 3 N–H and O–H groups in total. The Morgan fingerprint density at radius 1 is 1.33 bits per heavy atom. The zero-order valence-electron chi connectivity index (χ0n) is 9.15. The molecule has 92 valence electrons. The highest BCUT2D eigenvalue weighted by Crippen LogP contribution is 2.16. The number of amides is 1. The summed E-state index contributed by atoms with van der Waals surface area (Å²) < 4.78 is 13.9. The number of carbonyl (C=O) groups is 1. The summed E-state index contributed by atoms with van der Waals surface area (Å²) in [6.45, 7) is 0. The van der Waals surface area contributed by atoms with Crippen molar-refractivity contribution in [3.05, 3.63) is 52.4 Å². The molecular weight excluding hydrogens is 301 g/mol. The lowest BCUT2D eigenvalue weighted by atomic mass is 10.2. The fourth-order valence-corrected chi connectivity index (χ4v) is 1.63. The van der Waals surface area contributed by atoms with Gasteiger partial charge in [0.2, 0.25) is 0 Å². The minimum absolute atomic E-state index is 0.00832. The van der Waals surface area contributed by atoms with E-state index in [9.17, 15) is 9.18 Å². The van der Waals surface area contributed by atoms with Crippen molar-refractivity contribution < 1.29 is 9.18 Å². The van der Waals surface area contributed by atoms with Crippen LogP contribution in [0.1, 0.15) is 10.4 Å². The largest absolute Gasteiger partial charge is 0.383 e. The molecule has 0 saturated heterocycles. The molecule has 2 rings (SSSR count). The second kappa shape index (κ2) is 5.14. The molecule has 0 atom stereocenters. The lowest BCUT2D eigenvalue weighted by Gasteiger charge is -2.07. The Bertz CT molecular complexity index is 586. The molecule has 0 bridgehead atoms. The summed E-state index contributed by atoms with van der Waals surface area (Å²) in [5.41, 5.74) is 6.12. The van der Waals surface area contributed by atoms with Crippen LogP contribution in [0, 0.1) is 5.82 Å². The molecule has 1 heterocycles. The zero-order chi connectivity index (χ0) is 13.1. The number of hydrogen-bond acceptors (Lipinski definition) is 3. The van der Waals surface area contributed by atoms with Crippen molar-refractivity contribution in [1.82, 2.24) is 4.98 Å². The van der Waals surface area contributed by atoms with Gasteiger partial charge in [-0.25, -0.2) is 9.37 Å². The van der Waals surface area contributed by atoms with Gasteiger partial charge >= 0.3 is 0 Å². The van der Waals surface area contributed by atoms with Crippen LogP contribution in [0.25, 0.3) is 0 Å². The van der Waals surface area contributed by atoms with Crippen LogP contribution >= 0.6 is 15.9 Å². The van der Waals surface area contributed by atoms with E-state index in [4.69, 9.17) is 5.73 Å². The Morgan fingerprint density at radius 2 is 2.00 bits per heavy atom. The normalized spacial score (nSPS) is 10.1. The van der Waals surface area contributed by atoms with Crippen molar-refractivity contribution in [2.24, 2.45) is 0 Å². The lowest BCUT2D eigenvalue weighted by Crippen LogP contribution is -2.15. The summed E-state index contributed by atoms with van der Waals surface area (Å²) >= 11 is 3.29. The van der Waals surface area contributed by atoms with Gasteiger partial charge in [0, 0.05) is 10.2 Å². The molecule has 6 heteroatoms. The van der Waals surface area contributed by atoms with Crippen molar-refractivity contribution in [3.8, 4) is 0 Å². The molecule has 0 aliphatic heterocycles. The fraction of sp³-hybridized carbons (Fsp3) is 0. The Balaban J connectivity index is 2.21. The second-order valence-corrected chi connectivity index (χ2v) is 4.46. The van der Waals surface area contributed by atoms with Gasteiger partial charge in [-0.15, -0.1) is 0 Å². The molecular formula is C12H9BrFN3O. The van der Waals surface area contributed by atoms with E-state index in [1.807, 2.05) is 0 Å². The van der Waals surface area contributed by atoms with Crippen molar-refractivity contribution in [1.29, 1.82) is 0 Å². The summed E-state index contributed by atoms with van der Waals surface area (Å²) in [4.78, 5) is 15.5. The average Bonchev–Trinajstić information content (AvgIpc) is 2.35. The molecule has 4 nitrogen and oxygen atoms in total. The summed E-state index contributed by atoms with van der Waals surface area (Å²) in [7, 11) is 0. The number of rotatable bonds is 2. The number of nitrogens with zero attached hydrogens (tertiary/aromatic N) is 1. The first-order valence-electron chi connectivity index (χ1n) is 5.04. The van der Waals surface area contributed by atoms with E-state index in [0.29, 0.717) is 5.69 Å². The monoisotopic (exact) mass is 309 g/mol. The van der Waals surface area contributed by atoms with Crippen LogP contribution in [0.2, 0.25) is 0 Å². The minimum atomic E-state index is -0.606. The van der Waals surface area contributed by atoms with Crippen LogP contribution in [-0.2, 0) is 0 Å². The van der Waals surface area contributed by atoms with Crippen LogP contribution < -0.4 is 11.1 Å². The molecule has 0 aliphatic rings. The molecule has 1 amide bonds. The van der Waals surface area contributed by atoms with E-state index >= 15 is 0 Å². The van der Waals surface area contributed by atoms with Gasteiger partial charge in [0.1, 0.15) is 11.6 Å². The summed E-state index contributed by atoms with van der Waals surface area (Å²) in [5, 5.41) is 2.61. The van der Waals surface area contributed by atoms with Gasteiger partial charge < -0.3 is 11.1 Å². The van der Waals surface area contributed by atoms with E-state index in [1.165, 1.54) is 0 Å². The van der Waals surface area contributed by atoms with E-state index in [2.05, 4.69) is 26.2 Å². The van der Waals surface area contributed by atoms with Crippen molar-refractivity contribution in [3.63, 3.8) is 0 Å². The van der Waals surface area contributed by atoms with Crippen LogP contribution in [0.5, 0.6) is 0 Å². The molecule has 18 heavy (non-hydrogen) atoms. The maximum atomic E-state index is 13.0. The van der Waals surface area contributed by atoms with Gasteiger partial charge in [-0.05, 0) is 30.3 Å². The second-order valence-electron chi connectivity index (χ2n) is 3.55. The van der Waals surface area contributed by atoms with Gasteiger partial charge in [-0.2, -0.15) is 0 Å². The molecule has 0 spiro atoms. The molecule has 0 aliphatic carbocycles. The molecule has 2 aromatic rings. The van der Waals surface area contributed by atoms with Crippen LogP contribution in [0.3, 0.4) is 0 Å². The van der Waals surface area contributed by atoms with Crippen molar-refractivity contribution in [2.45, 2.75) is 0 Å². The lowest BCUT2D eigenvalue weighted by molar-refractivity contribution is 0.102. The first kappa shape index (κ1) is 12.5. The highest BCUT2D eigenvalue weighted by atomic mass is 79.9. The summed E-state index contributed by atoms with van der Waals surface area (Å²) in [5.74, 6) is -1.11. The number of hydrogen-bond donors (Lipinski definition) is 2. The SMILES string of the molecule is Nc1ncc(F)cc1C(=O)Nc1ccc(Br)cc1. The number of anilines is 2. The van der Waals surface area contributed by atoms with Crippen LogP contribution in [-0.4, -0.2) is 10.9 Å². The quantitative estimate of drug-likeness (QED) is 0.896. The number of benzene rings is 1. The van der Waals surface area contributed by atoms with E-state index in [0.717, 1.165) is 16.7 Å². The van der Waals surface area contributed by atoms with Crippen LogP contribution in [0.15, 0.2) is 41.0 Å². The number of nitrogens with two attached hydrogens (primary N) is 1. The third-order valence-electron chi connectivity index (χ3n) is 2.23. The van der Waals surface area contributed by atoms with Gasteiger partial charge in [0.15, 0.2) is 0 Å². The number of nitrogen functional groups attached to an aromatic ring is 1. The highest BCUT2D eigenvalue weighted by molar-refractivity contribution is 9.10. The number of carbonyl (C=O) groups excluding carboxylic acids is 1. The van der Waals surface area contributed by atoms with E-state index < -0.39 is 11.7 Å².